The highest BCUT2D eigenvalue weighted by Gasteiger charge is 2.08. The van der Waals surface area contributed by atoms with Gasteiger partial charge in [-0.1, -0.05) is 6.07 Å². The number of thiazole rings is 1. The molecule has 1 amide bonds. The summed E-state index contributed by atoms with van der Waals surface area (Å²) < 4.78 is 5.12. The molecule has 0 aliphatic carbocycles. The first kappa shape index (κ1) is 18.6. The number of aromatic nitrogens is 2. The van der Waals surface area contributed by atoms with Gasteiger partial charge in [0.1, 0.15) is 5.75 Å². The number of methoxy groups -OCH3 is 1. The van der Waals surface area contributed by atoms with Crippen molar-refractivity contribution in [2.24, 2.45) is 0 Å². The van der Waals surface area contributed by atoms with Crippen LogP contribution < -0.4 is 15.4 Å². The molecule has 0 radical (unpaired) electrons. The lowest BCUT2D eigenvalue weighted by Crippen LogP contribution is -2.11. The third-order valence-electron chi connectivity index (χ3n) is 4.20. The summed E-state index contributed by atoms with van der Waals surface area (Å²) in [5, 5.41) is 8.96. The smallest absolute Gasteiger partial charge is 0.255 e. The number of pyridine rings is 1. The van der Waals surface area contributed by atoms with E-state index in [1.807, 2.05) is 41.8 Å². The van der Waals surface area contributed by atoms with Gasteiger partial charge >= 0.3 is 0 Å². The second-order valence-electron chi connectivity index (χ2n) is 6.16. The van der Waals surface area contributed by atoms with Crippen molar-refractivity contribution in [1.82, 2.24) is 9.97 Å². The minimum absolute atomic E-state index is 0.181. The lowest BCUT2D eigenvalue weighted by atomic mass is 10.2. The van der Waals surface area contributed by atoms with E-state index in [1.54, 1.807) is 43.8 Å². The van der Waals surface area contributed by atoms with E-state index in [1.165, 1.54) is 11.3 Å². The molecule has 0 atom stereocenters. The average Bonchev–Trinajstić information content (AvgIpc) is 3.23. The van der Waals surface area contributed by atoms with Crippen LogP contribution in [-0.2, 0) is 0 Å². The second kappa shape index (κ2) is 8.53. The molecule has 0 aliphatic heterocycles. The maximum Gasteiger partial charge on any atom is 0.255 e. The number of anilines is 3. The molecule has 0 spiro atoms. The van der Waals surface area contributed by atoms with Crippen molar-refractivity contribution in [3.63, 3.8) is 0 Å². The Morgan fingerprint density at radius 2 is 1.76 bits per heavy atom. The van der Waals surface area contributed by atoms with Gasteiger partial charge in [-0.3, -0.25) is 9.78 Å². The molecule has 0 fully saturated rings. The molecule has 2 N–H and O–H groups in total. The third kappa shape index (κ3) is 4.59. The molecule has 29 heavy (non-hydrogen) atoms. The van der Waals surface area contributed by atoms with E-state index < -0.39 is 0 Å². The molecule has 0 saturated carbocycles. The fourth-order valence-electron chi connectivity index (χ4n) is 2.73. The lowest BCUT2D eigenvalue weighted by Gasteiger charge is -2.08. The highest BCUT2D eigenvalue weighted by molar-refractivity contribution is 7.14. The molecule has 4 rings (SSSR count). The van der Waals surface area contributed by atoms with Crippen molar-refractivity contribution in [3.05, 3.63) is 84.0 Å². The number of carbonyl (C=O) groups is 1. The highest BCUT2D eigenvalue weighted by atomic mass is 32.1. The number of amides is 1. The van der Waals surface area contributed by atoms with Gasteiger partial charge in [-0.2, -0.15) is 0 Å². The molecule has 0 bridgehead atoms. The van der Waals surface area contributed by atoms with Crippen LogP contribution in [0, 0.1) is 0 Å². The van der Waals surface area contributed by atoms with E-state index in [4.69, 9.17) is 4.74 Å². The summed E-state index contributed by atoms with van der Waals surface area (Å²) in [7, 11) is 1.59. The summed E-state index contributed by atoms with van der Waals surface area (Å²) >= 11 is 1.52. The van der Waals surface area contributed by atoms with Gasteiger partial charge in [0.05, 0.1) is 12.8 Å². The molecule has 7 heteroatoms. The standard InChI is InChI=1S/C22H18N4O2S/c1-28-19-7-5-16(6-8-19)21(27)24-17-3-2-4-18(13-17)25-22-26-20(14-29-22)15-9-11-23-12-10-15/h2-14H,1H3,(H,24,27)(H,25,26). The number of nitrogens with zero attached hydrogens (tertiary/aromatic N) is 2. The molecule has 2 aromatic carbocycles. The molecule has 2 aromatic heterocycles. The first-order chi connectivity index (χ1) is 14.2. The molecule has 0 saturated heterocycles. The molecular weight excluding hydrogens is 384 g/mol. The molecule has 144 valence electrons. The van der Waals surface area contributed by atoms with Crippen molar-refractivity contribution >= 4 is 33.8 Å². The number of carbonyl (C=O) groups excluding carboxylic acids is 1. The molecule has 0 unspecified atom stereocenters. The largest absolute Gasteiger partial charge is 0.497 e. The first-order valence-electron chi connectivity index (χ1n) is 8.90. The van der Waals surface area contributed by atoms with Crippen LogP contribution in [-0.4, -0.2) is 23.0 Å². The Kier molecular flexibility index (Phi) is 5.49. The van der Waals surface area contributed by atoms with Gasteiger partial charge in [-0.15, -0.1) is 11.3 Å². The van der Waals surface area contributed by atoms with Crippen molar-refractivity contribution in [2.75, 3.05) is 17.7 Å². The van der Waals surface area contributed by atoms with E-state index in [0.29, 0.717) is 17.0 Å². The van der Waals surface area contributed by atoms with Gasteiger partial charge in [0, 0.05) is 40.3 Å². The predicted octanol–water partition coefficient (Wildman–Crippen LogP) is 5.21. The Bertz CT molecular complexity index is 1110. The number of ether oxygens (including phenoxy) is 1. The minimum atomic E-state index is -0.181. The van der Waals surface area contributed by atoms with Crippen LogP contribution >= 0.6 is 11.3 Å². The normalized spacial score (nSPS) is 10.4. The second-order valence-corrected chi connectivity index (χ2v) is 7.02. The Labute approximate surface area is 172 Å². The third-order valence-corrected chi connectivity index (χ3v) is 4.96. The Morgan fingerprint density at radius 1 is 1.00 bits per heavy atom. The fraction of sp³-hybridized carbons (Fsp3) is 0.0455. The molecular formula is C22H18N4O2S. The van der Waals surface area contributed by atoms with Gasteiger partial charge in [0.25, 0.3) is 5.91 Å². The number of hydrogen-bond donors (Lipinski definition) is 2. The first-order valence-corrected chi connectivity index (χ1v) is 9.78. The van der Waals surface area contributed by atoms with E-state index in [2.05, 4.69) is 20.6 Å². The molecule has 6 nitrogen and oxygen atoms in total. The Balaban J connectivity index is 1.45. The summed E-state index contributed by atoms with van der Waals surface area (Å²) in [5.41, 5.74) is 4.01. The monoisotopic (exact) mass is 402 g/mol. The number of rotatable bonds is 6. The summed E-state index contributed by atoms with van der Waals surface area (Å²) in [4.78, 5) is 21.1. The summed E-state index contributed by atoms with van der Waals surface area (Å²) in [5.74, 6) is 0.529. The van der Waals surface area contributed by atoms with Gasteiger partial charge < -0.3 is 15.4 Å². The van der Waals surface area contributed by atoms with Crippen molar-refractivity contribution in [2.45, 2.75) is 0 Å². The van der Waals surface area contributed by atoms with Gasteiger partial charge in [-0.05, 0) is 54.6 Å². The number of benzene rings is 2. The van der Waals surface area contributed by atoms with Gasteiger partial charge in [0.15, 0.2) is 5.13 Å². The Morgan fingerprint density at radius 3 is 2.52 bits per heavy atom. The van der Waals surface area contributed by atoms with Crippen molar-refractivity contribution in [1.29, 1.82) is 0 Å². The maximum absolute atomic E-state index is 12.5. The Hall–Kier alpha value is -3.71. The minimum Gasteiger partial charge on any atom is -0.497 e. The zero-order valence-corrected chi connectivity index (χ0v) is 16.4. The molecule has 0 aliphatic rings. The van der Waals surface area contributed by atoms with Crippen LogP contribution in [0.4, 0.5) is 16.5 Å². The summed E-state index contributed by atoms with van der Waals surface area (Å²) in [6.07, 6.45) is 3.49. The van der Waals surface area contributed by atoms with Crippen LogP contribution in [0.25, 0.3) is 11.3 Å². The number of nitrogens with one attached hydrogen (secondary N) is 2. The van der Waals surface area contributed by atoms with Crippen molar-refractivity contribution < 1.29 is 9.53 Å². The van der Waals surface area contributed by atoms with Crippen molar-refractivity contribution in [3.8, 4) is 17.0 Å². The molecule has 4 aromatic rings. The van der Waals surface area contributed by atoms with Gasteiger partial charge in [0.2, 0.25) is 0 Å². The molecule has 2 heterocycles. The van der Waals surface area contributed by atoms with E-state index in [0.717, 1.165) is 22.1 Å². The highest BCUT2D eigenvalue weighted by Crippen LogP contribution is 2.27. The zero-order valence-electron chi connectivity index (χ0n) is 15.6. The maximum atomic E-state index is 12.5. The summed E-state index contributed by atoms with van der Waals surface area (Å²) in [6.45, 7) is 0. The summed E-state index contributed by atoms with van der Waals surface area (Å²) in [6, 6.07) is 18.3. The fourth-order valence-corrected chi connectivity index (χ4v) is 3.47. The lowest BCUT2D eigenvalue weighted by molar-refractivity contribution is 0.102. The van der Waals surface area contributed by atoms with E-state index >= 15 is 0 Å². The number of hydrogen-bond acceptors (Lipinski definition) is 6. The van der Waals surface area contributed by atoms with Crippen LogP contribution in [0.2, 0.25) is 0 Å². The average molecular weight is 402 g/mol. The quantitative estimate of drug-likeness (QED) is 0.463. The van der Waals surface area contributed by atoms with Crippen LogP contribution in [0.3, 0.4) is 0 Å². The van der Waals surface area contributed by atoms with Gasteiger partial charge in [-0.25, -0.2) is 4.98 Å². The SMILES string of the molecule is COc1ccc(C(=O)Nc2cccc(Nc3nc(-c4ccncc4)cs3)c2)cc1. The van der Waals surface area contributed by atoms with Crippen LogP contribution in [0.1, 0.15) is 10.4 Å². The van der Waals surface area contributed by atoms with Crippen LogP contribution in [0.5, 0.6) is 5.75 Å². The van der Waals surface area contributed by atoms with E-state index in [9.17, 15) is 4.79 Å². The zero-order chi connectivity index (χ0) is 20.1. The van der Waals surface area contributed by atoms with E-state index in [-0.39, 0.29) is 5.91 Å². The van der Waals surface area contributed by atoms with Crippen LogP contribution in [0.15, 0.2) is 78.4 Å². The predicted molar refractivity (Wildman–Crippen MR) is 116 cm³/mol. The topological polar surface area (TPSA) is 76.1 Å².